The molecule has 9 heteroatoms. The Kier molecular flexibility index (Phi) is 12.2. The summed E-state index contributed by atoms with van der Waals surface area (Å²) >= 11 is 1.68. The van der Waals surface area contributed by atoms with Crippen molar-refractivity contribution in [2.45, 2.75) is 40.8 Å². The van der Waals surface area contributed by atoms with E-state index in [1.807, 2.05) is 127 Å². The predicted molar refractivity (Wildman–Crippen MR) is 202 cm³/mol. The molecule has 5 aromatic rings. The number of hydrogen-bond donors (Lipinski definition) is 3. The van der Waals surface area contributed by atoms with Gasteiger partial charge in [0.25, 0.3) is 5.91 Å². The van der Waals surface area contributed by atoms with Crippen LogP contribution in [0.2, 0.25) is 0 Å². The summed E-state index contributed by atoms with van der Waals surface area (Å²) in [6.45, 7) is 0.868. The van der Waals surface area contributed by atoms with E-state index in [9.17, 15) is 4.79 Å². The van der Waals surface area contributed by atoms with Crippen molar-refractivity contribution in [2.24, 2.45) is 4.99 Å². The number of benzene rings is 5. The minimum absolute atomic E-state index is 0.0608. The molecule has 5 aromatic carbocycles. The minimum Gasteiger partial charge on any atom is -0.497 e. The number of aliphatic hydroxyl groups is 1. The maximum absolute atomic E-state index is 14.6. The van der Waals surface area contributed by atoms with Crippen LogP contribution >= 0.6 is 11.8 Å². The first-order valence-corrected chi connectivity index (χ1v) is 17.7. The fourth-order valence-corrected chi connectivity index (χ4v) is 6.72. The van der Waals surface area contributed by atoms with Gasteiger partial charge in [-0.25, -0.2) is 10.4 Å². The number of methoxy groups -OCH3 is 1. The first-order valence-electron chi connectivity index (χ1n) is 16.9. The van der Waals surface area contributed by atoms with Gasteiger partial charge >= 0.3 is 0 Å². The van der Waals surface area contributed by atoms with E-state index in [-0.39, 0.29) is 18.9 Å². The smallest absolute Gasteiger partial charge is 0.266 e. The van der Waals surface area contributed by atoms with Crippen LogP contribution in [0.4, 0.5) is 0 Å². The maximum atomic E-state index is 14.6. The number of nitrogens with zero attached hydrogens (tertiary/aromatic N) is 1. The monoisotopic (exact) mass is 699 g/mol. The van der Waals surface area contributed by atoms with E-state index in [4.69, 9.17) is 24.3 Å². The summed E-state index contributed by atoms with van der Waals surface area (Å²) in [6, 6.07) is 43.2. The van der Waals surface area contributed by atoms with Gasteiger partial charge in [0.1, 0.15) is 11.5 Å². The first kappa shape index (κ1) is 35.5. The third-order valence-corrected chi connectivity index (χ3v) is 9.52. The number of nitrogens with one attached hydrogen (secondary N) is 2. The van der Waals surface area contributed by atoms with Gasteiger partial charge in [-0.3, -0.25) is 10.2 Å². The Morgan fingerprint density at radius 1 is 0.902 bits per heavy atom. The van der Waals surface area contributed by atoms with Crippen molar-refractivity contribution in [3.8, 4) is 11.5 Å². The highest BCUT2D eigenvalue weighted by molar-refractivity contribution is 7.99. The van der Waals surface area contributed by atoms with Gasteiger partial charge in [-0.15, -0.1) is 0 Å². The Bertz CT molecular complexity index is 1940. The average Bonchev–Trinajstić information content (AvgIpc) is 3.57. The minimum atomic E-state index is -1.38. The molecule has 0 bridgehead atoms. The van der Waals surface area contributed by atoms with E-state index in [2.05, 4.69) is 29.1 Å². The maximum Gasteiger partial charge on any atom is 0.266 e. The fourth-order valence-electron chi connectivity index (χ4n) is 5.75. The van der Waals surface area contributed by atoms with Crippen molar-refractivity contribution in [3.63, 3.8) is 0 Å². The Labute approximate surface area is 303 Å². The summed E-state index contributed by atoms with van der Waals surface area (Å²) in [7, 11) is 1.61. The Hall–Kier alpha value is -5.35. The molecule has 1 amide bonds. The summed E-state index contributed by atoms with van der Waals surface area (Å²) in [6.07, 6.45) is 3.99. The van der Waals surface area contributed by atoms with E-state index in [1.165, 1.54) is 0 Å². The number of aliphatic hydroxyl groups excluding tert-OH is 1. The zero-order valence-corrected chi connectivity index (χ0v) is 29.2. The summed E-state index contributed by atoms with van der Waals surface area (Å²) in [5.41, 5.74) is 8.33. The van der Waals surface area contributed by atoms with Gasteiger partial charge in [-0.2, -0.15) is 0 Å². The van der Waals surface area contributed by atoms with Crippen LogP contribution in [0.1, 0.15) is 41.2 Å². The number of carbonyl (C=O) groups is 1. The molecule has 260 valence electrons. The van der Waals surface area contributed by atoms with Gasteiger partial charge < -0.3 is 19.3 Å². The zero-order chi connectivity index (χ0) is 35.3. The van der Waals surface area contributed by atoms with Crippen LogP contribution in [0.3, 0.4) is 0 Å². The molecule has 1 heterocycles. The van der Waals surface area contributed by atoms with Gasteiger partial charge in [-0.1, -0.05) is 103 Å². The topological polar surface area (TPSA) is 101 Å². The standard InChI is InChI=1S/C42H41N3O5S/c1-48-36-18-10-17-33(29-36)39-42(26-11-15-31-13-4-2-5-14-31,44-40(50-39)32-22-24-35(25-23-32)49-28-12-27-46)41(47)45-43-30-34-16-8-9-21-38(34)51-37-19-6-3-7-20-37/h2-11,13-25,29,39,43,46H,12,26-28,30H2,1H3,(H,45,47)/b15-11+/t39-,42-/m0/s1. The average molecular weight is 700 g/mol. The van der Waals surface area contributed by atoms with E-state index >= 15 is 0 Å². The third kappa shape index (κ3) is 9.07. The van der Waals surface area contributed by atoms with Crippen LogP contribution < -0.4 is 20.3 Å². The molecule has 0 fully saturated rings. The van der Waals surface area contributed by atoms with E-state index in [0.717, 1.165) is 26.5 Å². The molecule has 0 unspecified atom stereocenters. The molecular weight excluding hydrogens is 659 g/mol. The quantitative estimate of drug-likeness (QED) is 0.0714. The van der Waals surface area contributed by atoms with Crippen LogP contribution in [0.5, 0.6) is 11.5 Å². The van der Waals surface area contributed by atoms with Gasteiger partial charge in [0.15, 0.2) is 11.6 Å². The molecule has 0 aliphatic carbocycles. The molecule has 2 atom stereocenters. The molecule has 3 N–H and O–H groups in total. The van der Waals surface area contributed by atoms with Crippen LogP contribution in [-0.2, 0) is 16.1 Å². The molecular formula is C42H41N3O5S. The molecule has 0 aromatic heterocycles. The van der Waals surface area contributed by atoms with Crippen molar-refractivity contribution < 1.29 is 24.1 Å². The Morgan fingerprint density at radius 3 is 2.41 bits per heavy atom. The van der Waals surface area contributed by atoms with Gasteiger partial charge in [-0.05, 0) is 71.3 Å². The van der Waals surface area contributed by atoms with Gasteiger partial charge in [0.05, 0.1) is 13.7 Å². The lowest BCUT2D eigenvalue weighted by atomic mass is 9.84. The highest BCUT2D eigenvalue weighted by Crippen LogP contribution is 2.43. The van der Waals surface area contributed by atoms with Gasteiger partial charge in [0.2, 0.25) is 5.90 Å². The Morgan fingerprint density at radius 2 is 1.65 bits per heavy atom. The van der Waals surface area contributed by atoms with Crippen LogP contribution in [0.15, 0.2) is 154 Å². The second kappa shape index (κ2) is 17.5. The molecule has 6 rings (SSSR count). The summed E-state index contributed by atoms with van der Waals surface area (Å²) in [5.74, 6) is 1.33. The molecule has 1 aliphatic heterocycles. The summed E-state index contributed by atoms with van der Waals surface area (Å²) in [4.78, 5) is 22.0. The number of carbonyl (C=O) groups excluding carboxylic acids is 1. The number of ether oxygens (including phenoxy) is 3. The van der Waals surface area contributed by atoms with E-state index < -0.39 is 11.6 Å². The highest BCUT2D eigenvalue weighted by atomic mass is 32.2. The van der Waals surface area contributed by atoms with Crippen molar-refractivity contribution >= 4 is 29.6 Å². The van der Waals surface area contributed by atoms with Crippen molar-refractivity contribution in [1.82, 2.24) is 10.9 Å². The number of hydrogen-bond acceptors (Lipinski definition) is 8. The van der Waals surface area contributed by atoms with Crippen molar-refractivity contribution in [1.29, 1.82) is 0 Å². The zero-order valence-electron chi connectivity index (χ0n) is 28.4. The number of rotatable bonds is 16. The fraction of sp³-hybridized carbons (Fsp3) is 0.190. The third-order valence-electron chi connectivity index (χ3n) is 8.39. The Balaban J connectivity index is 1.32. The molecule has 51 heavy (non-hydrogen) atoms. The molecule has 1 aliphatic rings. The molecule has 0 saturated heterocycles. The summed E-state index contributed by atoms with van der Waals surface area (Å²) < 4.78 is 18.0. The highest BCUT2D eigenvalue weighted by Gasteiger charge is 2.52. The van der Waals surface area contributed by atoms with Crippen molar-refractivity contribution in [2.75, 3.05) is 20.3 Å². The van der Waals surface area contributed by atoms with E-state index in [0.29, 0.717) is 42.5 Å². The number of aliphatic imine (C=N–C) groups is 1. The van der Waals surface area contributed by atoms with E-state index in [1.54, 1.807) is 18.9 Å². The first-order chi connectivity index (χ1) is 25.1. The van der Waals surface area contributed by atoms with Crippen LogP contribution in [0, 0.1) is 0 Å². The molecule has 0 spiro atoms. The number of amides is 1. The summed E-state index contributed by atoms with van der Waals surface area (Å²) in [5, 5.41) is 9.12. The van der Waals surface area contributed by atoms with Crippen LogP contribution in [0.25, 0.3) is 6.08 Å². The molecule has 0 radical (unpaired) electrons. The molecule has 0 saturated carbocycles. The second-order valence-corrected chi connectivity index (χ2v) is 13.0. The largest absolute Gasteiger partial charge is 0.497 e. The normalized spacial score (nSPS) is 16.7. The van der Waals surface area contributed by atoms with Crippen LogP contribution in [-0.4, -0.2) is 42.8 Å². The SMILES string of the molecule is COc1cccc([C@@H]2OC(c3ccc(OCCCO)cc3)=N[C@]2(C/C=C/c2ccccc2)C(=O)NNCc2ccccc2Sc2ccccc2)c1. The predicted octanol–water partition coefficient (Wildman–Crippen LogP) is 7.79. The molecule has 8 nitrogen and oxygen atoms in total. The van der Waals surface area contributed by atoms with Gasteiger partial charge in [0, 0.05) is 41.3 Å². The lowest BCUT2D eigenvalue weighted by molar-refractivity contribution is -0.129. The lowest BCUT2D eigenvalue weighted by Crippen LogP contribution is -2.52. The van der Waals surface area contributed by atoms with Crippen molar-refractivity contribution in [3.05, 3.63) is 162 Å². The second-order valence-electron chi connectivity index (χ2n) is 11.9. The lowest BCUT2D eigenvalue weighted by Gasteiger charge is -2.30. The number of hydrazine groups is 1.